The maximum atomic E-state index is 12.1. The van der Waals surface area contributed by atoms with E-state index in [-0.39, 0.29) is 6.54 Å². The molecule has 1 saturated carbocycles. The summed E-state index contributed by atoms with van der Waals surface area (Å²) < 4.78 is 28.2. The van der Waals surface area contributed by atoms with E-state index in [0.717, 1.165) is 19.3 Å². The van der Waals surface area contributed by atoms with Crippen LogP contribution in [0.2, 0.25) is 0 Å². The Kier molecular flexibility index (Phi) is 4.17. The van der Waals surface area contributed by atoms with Crippen LogP contribution in [0.1, 0.15) is 39.0 Å². The Morgan fingerprint density at radius 3 is 2.37 bits per heavy atom. The zero-order valence-corrected chi connectivity index (χ0v) is 12.1. The molecule has 2 N–H and O–H groups in total. The molecule has 6 nitrogen and oxygen atoms in total. The maximum Gasteiger partial charge on any atom is 0.310 e. The molecular formula is C12H22N2O4S. The van der Waals surface area contributed by atoms with Gasteiger partial charge < -0.3 is 5.11 Å². The fourth-order valence-electron chi connectivity index (χ4n) is 2.62. The number of piperidine rings is 1. The quantitative estimate of drug-likeness (QED) is 0.784. The second-order valence-corrected chi connectivity index (χ2v) is 7.60. The number of hydrogen-bond acceptors (Lipinski definition) is 3. The maximum absolute atomic E-state index is 12.1. The van der Waals surface area contributed by atoms with Crippen molar-refractivity contribution in [1.82, 2.24) is 9.03 Å². The zero-order valence-electron chi connectivity index (χ0n) is 11.3. The average molecular weight is 290 g/mol. The van der Waals surface area contributed by atoms with Gasteiger partial charge >= 0.3 is 5.97 Å². The molecule has 0 atom stereocenters. The number of aliphatic carboxylic acids is 1. The van der Waals surface area contributed by atoms with Gasteiger partial charge in [-0.3, -0.25) is 4.79 Å². The molecule has 0 aromatic heterocycles. The van der Waals surface area contributed by atoms with Gasteiger partial charge in [0, 0.05) is 19.6 Å². The molecule has 2 rings (SSSR count). The van der Waals surface area contributed by atoms with E-state index in [0.29, 0.717) is 31.8 Å². The van der Waals surface area contributed by atoms with Gasteiger partial charge in [-0.2, -0.15) is 12.7 Å². The smallest absolute Gasteiger partial charge is 0.310 e. The van der Waals surface area contributed by atoms with Crippen LogP contribution in [-0.2, 0) is 15.0 Å². The van der Waals surface area contributed by atoms with E-state index in [9.17, 15) is 18.3 Å². The van der Waals surface area contributed by atoms with Crippen molar-refractivity contribution in [3.63, 3.8) is 0 Å². The number of rotatable bonds is 5. The van der Waals surface area contributed by atoms with Crippen LogP contribution in [0, 0.1) is 11.3 Å². The molecule has 110 valence electrons. The van der Waals surface area contributed by atoms with Crippen LogP contribution in [0.5, 0.6) is 0 Å². The third kappa shape index (κ3) is 3.09. The lowest BCUT2D eigenvalue weighted by Gasteiger charge is -2.38. The van der Waals surface area contributed by atoms with Crippen molar-refractivity contribution in [2.45, 2.75) is 39.0 Å². The van der Waals surface area contributed by atoms with Crippen LogP contribution in [0.4, 0.5) is 0 Å². The third-order valence-electron chi connectivity index (χ3n) is 4.44. The van der Waals surface area contributed by atoms with Crippen LogP contribution >= 0.6 is 0 Å². The second-order valence-electron chi connectivity index (χ2n) is 5.85. The molecular weight excluding hydrogens is 268 g/mol. The Morgan fingerprint density at radius 2 is 1.95 bits per heavy atom. The summed E-state index contributed by atoms with van der Waals surface area (Å²) in [5.41, 5.74) is -0.879. The van der Waals surface area contributed by atoms with Crippen molar-refractivity contribution in [3.8, 4) is 0 Å². The fourth-order valence-corrected chi connectivity index (χ4v) is 3.95. The highest BCUT2D eigenvalue weighted by atomic mass is 32.2. The number of hydrogen-bond donors (Lipinski definition) is 2. The summed E-state index contributed by atoms with van der Waals surface area (Å²) in [6.07, 6.45) is 3.70. The predicted octanol–water partition coefficient (Wildman–Crippen LogP) is 0.808. The number of carbonyl (C=O) groups is 1. The van der Waals surface area contributed by atoms with Gasteiger partial charge in [0.05, 0.1) is 5.41 Å². The van der Waals surface area contributed by atoms with Crippen molar-refractivity contribution >= 4 is 16.2 Å². The van der Waals surface area contributed by atoms with Crippen molar-refractivity contribution in [2.24, 2.45) is 11.3 Å². The minimum absolute atomic E-state index is 0.0106. The highest BCUT2D eigenvalue weighted by Gasteiger charge is 2.45. The van der Waals surface area contributed by atoms with Gasteiger partial charge in [-0.15, -0.1) is 0 Å². The molecule has 0 unspecified atom stereocenters. The number of nitrogens with one attached hydrogen (secondary N) is 1. The van der Waals surface area contributed by atoms with Crippen molar-refractivity contribution in [1.29, 1.82) is 0 Å². The zero-order chi connectivity index (χ0) is 14.1. The van der Waals surface area contributed by atoms with E-state index in [1.807, 2.05) is 0 Å². The largest absolute Gasteiger partial charge is 0.481 e. The van der Waals surface area contributed by atoms with Crippen molar-refractivity contribution < 1.29 is 18.3 Å². The van der Waals surface area contributed by atoms with Gasteiger partial charge in [-0.25, -0.2) is 4.72 Å². The summed E-state index contributed by atoms with van der Waals surface area (Å²) in [4.78, 5) is 11.2. The molecule has 0 aromatic carbocycles. The van der Waals surface area contributed by atoms with Gasteiger partial charge in [-0.05, 0) is 31.6 Å². The Hall–Kier alpha value is -0.660. The number of nitrogens with zero attached hydrogens (tertiary/aromatic N) is 1. The highest BCUT2D eigenvalue weighted by molar-refractivity contribution is 7.87. The first-order chi connectivity index (χ1) is 8.86. The SMILES string of the molecule is CC1CCN(S(=O)(=O)NCC2(C(=O)O)CCC2)CC1. The molecule has 2 fully saturated rings. The van der Waals surface area contributed by atoms with Crippen molar-refractivity contribution in [2.75, 3.05) is 19.6 Å². The topological polar surface area (TPSA) is 86.7 Å². The van der Waals surface area contributed by atoms with E-state index < -0.39 is 21.6 Å². The van der Waals surface area contributed by atoms with Gasteiger partial charge in [0.25, 0.3) is 10.2 Å². The summed E-state index contributed by atoms with van der Waals surface area (Å²) in [5, 5.41) is 9.18. The fraction of sp³-hybridized carbons (Fsp3) is 0.917. The summed E-state index contributed by atoms with van der Waals surface area (Å²) in [7, 11) is -3.53. The van der Waals surface area contributed by atoms with E-state index in [2.05, 4.69) is 11.6 Å². The third-order valence-corrected chi connectivity index (χ3v) is 5.99. The standard InChI is InChI=1S/C12H22N2O4S/c1-10-3-7-14(8-4-10)19(17,18)13-9-12(11(15)16)5-2-6-12/h10,13H,2-9H2,1H3,(H,15,16). The van der Waals surface area contributed by atoms with Gasteiger partial charge in [-0.1, -0.05) is 13.3 Å². The van der Waals surface area contributed by atoms with E-state index in [4.69, 9.17) is 0 Å². The van der Waals surface area contributed by atoms with E-state index in [1.54, 1.807) is 0 Å². The molecule has 1 aliphatic carbocycles. The van der Waals surface area contributed by atoms with E-state index in [1.165, 1.54) is 4.31 Å². The first kappa shape index (κ1) is 14.7. The molecule has 7 heteroatoms. The number of carboxylic acid groups (broad SMARTS) is 1. The van der Waals surface area contributed by atoms with Crippen LogP contribution in [0.15, 0.2) is 0 Å². The second kappa shape index (κ2) is 5.38. The Balaban J connectivity index is 1.92. The first-order valence-electron chi connectivity index (χ1n) is 6.84. The Bertz CT molecular complexity index is 437. The molecule has 1 saturated heterocycles. The molecule has 19 heavy (non-hydrogen) atoms. The summed E-state index contributed by atoms with van der Waals surface area (Å²) in [5.74, 6) is -0.336. The minimum Gasteiger partial charge on any atom is -0.481 e. The molecule has 0 amide bonds. The minimum atomic E-state index is -3.53. The lowest BCUT2D eigenvalue weighted by atomic mass is 9.69. The van der Waals surface area contributed by atoms with Crippen LogP contribution in [0.3, 0.4) is 0 Å². The lowest BCUT2D eigenvalue weighted by molar-refractivity contribution is -0.153. The van der Waals surface area contributed by atoms with Gasteiger partial charge in [0.1, 0.15) is 0 Å². The van der Waals surface area contributed by atoms with Crippen molar-refractivity contribution in [3.05, 3.63) is 0 Å². The molecule has 1 heterocycles. The normalized spacial score (nSPS) is 24.9. The Morgan fingerprint density at radius 1 is 1.37 bits per heavy atom. The molecule has 0 spiro atoms. The average Bonchev–Trinajstić information content (AvgIpc) is 2.27. The lowest BCUT2D eigenvalue weighted by Crippen LogP contribution is -2.52. The molecule has 0 radical (unpaired) electrons. The van der Waals surface area contributed by atoms with E-state index >= 15 is 0 Å². The summed E-state index contributed by atoms with van der Waals surface area (Å²) in [6.45, 7) is 3.18. The Labute approximate surface area is 114 Å². The van der Waals surface area contributed by atoms with Crippen LogP contribution < -0.4 is 4.72 Å². The first-order valence-corrected chi connectivity index (χ1v) is 8.28. The summed E-state index contributed by atoms with van der Waals surface area (Å²) >= 11 is 0. The predicted molar refractivity (Wildman–Crippen MR) is 70.8 cm³/mol. The number of carboxylic acids is 1. The summed E-state index contributed by atoms with van der Waals surface area (Å²) in [6, 6.07) is 0. The monoisotopic (exact) mass is 290 g/mol. The van der Waals surface area contributed by atoms with Crippen LogP contribution in [-0.4, -0.2) is 43.4 Å². The van der Waals surface area contributed by atoms with Crippen LogP contribution in [0.25, 0.3) is 0 Å². The highest BCUT2D eigenvalue weighted by Crippen LogP contribution is 2.40. The molecule has 2 aliphatic rings. The van der Waals surface area contributed by atoms with Gasteiger partial charge in [0.15, 0.2) is 0 Å². The van der Waals surface area contributed by atoms with Gasteiger partial charge in [0.2, 0.25) is 0 Å². The molecule has 0 aromatic rings. The molecule has 1 aliphatic heterocycles. The molecule has 0 bridgehead atoms.